The third-order valence-electron chi connectivity index (χ3n) is 3.66. The maximum Gasteiger partial charge on any atom is 0.227 e. The number of benzene rings is 1. The molecule has 0 saturated heterocycles. The van der Waals surface area contributed by atoms with Crippen LogP contribution >= 0.6 is 0 Å². The minimum atomic E-state index is -0.00905. The Bertz CT molecular complexity index is 490. The van der Waals surface area contributed by atoms with Crippen molar-refractivity contribution in [2.24, 2.45) is 11.7 Å². The Morgan fingerprint density at radius 3 is 2.67 bits per heavy atom. The monoisotopic (exact) mass is 292 g/mol. The van der Waals surface area contributed by atoms with Crippen LogP contribution in [0.15, 0.2) is 18.2 Å². The molecule has 2 rings (SSSR count). The number of nitrogens with two attached hydrogens (primary N) is 1. The second kappa shape index (κ2) is 7.31. The maximum absolute atomic E-state index is 12.3. The molecule has 5 nitrogen and oxygen atoms in total. The lowest BCUT2D eigenvalue weighted by Crippen LogP contribution is -2.23. The van der Waals surface area contributed by atoms with E-state index in [-0.39, 0.29) is 17.9 Å². The van der Waals surface area contributed by atoms with Crippen molar-refractivity contribution in [3.8, 4) is 11.5 Å². The molecule has 1 amide bonds. The van der Waals surface area contributed by atoms with E-state index in [4.69, 9.17) is 15.2 Å². The molecule has 3 N–H and O–H groups in total. The molecule has 5 heteroatoms. The van der Waals surface area contributed by atoms with Crippen LogP contribution in [0.2, 0.25) is 0 Å². The fraction of sp³-hybridized carbons (Fsp3) is 0.562. The molecule has 1 fully saturated rings. The van der Waals surface area contributed by atoms with Crippen molar-refractivity contribution < 1.29 is 14.3 Å². The summed E-state index contributed by atoms with van der Waals surface area (Å²) in [6.45, 7) is 4.97. The number of carbonyl (C=O) groups is 1. The van der Waals surface area contributed by atoms with Gasteiger partial charge in [-0.05, 0) is 45.2 Å². The predicted octanol–water partition coefficient (Wildman–Crippen LogP) is 2.55. The average molecular weight is 292 g/mol. The van der Waals surface area contributed by atoms with E-state index in [9.17, 15) is 4.79 Å². The minimum absolute atomic E-state index is 0.00905. The summed E-state index contributed by atoms with van der Waals surface area (Å²) in [4.78, 5) is 12.3. The van der Waals surface area contributed by atoms with Gasteiger partial charge in [0, 0.05) is 18.0 Å². The van der Waals surface area contributed by atoms with Gasteiger partial charge in [0.15, 0.2) is 0 Å². The van der Waals surface area contributed by atoms with E-state index in [1.807, 2.05) is 26.0 Å². The highest BCUT2D eigenvalue weighted by atomic mass is 16.5. The molecule has 0 aliphatic heterocycles. The zero-order chi connectivity index (χ0) is 15.2. The molecule has 0 radical (unpaired) electrons. The highest BCUT2D eigenvalue weighted by Gasteiger charge is 2.28. The molecular formula is C16H24N2O3. The SMILES string of the molecule is CCOc1ccc(OCC)c(NC(=O)C2CCC(N)C2)c1. The van der Waals surface area contributed by atoms with E-state index in [1.165, 1.54) is 0 Å². The number of rotatable bonds is 6. The van der Waals surface area contributed by atoms with Gasteiger partial charge in [-0.3, -0.25) is 4.79 Å². The third kappa shape index (κ3) is 4.11. The van der Waals surface area contributed by atoms with E-state index in [0.717, 1.165) is 25.0 Å². The second-order valence-corrected chi connectivity index (χ2v) is 5.28. The quantitative estimate of drug-likeness (QED) is 0.845. The van der Waals surface area contributed by atoms with Crippen molar-refractivity contribution in [1.82, 2.24) is 0 Å². The van der Waals surface area contributed by atoms with Gasteiger partial charge in [0.1, 0.15) is 11.5 Å². The van der Waals surface area contributed by atoms with E-state index >= 15 is 0 Å². The summed E-state index contributed by atoms with van der Waals surface area (Å²) in [5.41, 5.74) is 6.53. The van der Waals surface area contributed by atoms with Crippen molar-refractivity contribution in [2.45, 2.75) is 39.2 Å². The standard InChI is InChI=1S/C16H24N2O3/c1-3-20-13-7-8-15(21-4-2)14(10-13)18-16(19)11-5-6-12(17)9-11/h7-8,10-12H,3-6,9,17H2,1-2H3,(H,18,19). The number of hydrogen-bond acceptors (Lipinski definition) is 4. The van der Waals surface area contributed by atoms with Crippen LogP contribution in [-0.4, -0.2) is 25.2 Å². The minimum Gasteiger partial charge on any atom is -0.494 e. The molecule has 1 saturated carbocycles. The van der Waals surface area contributed by atoms with E-state index < -0.39 is 0 Å². The van der Waals surface area contributed by atoms with Crippen molar-refractivity contribution >= 4 is 11.6 Å². The largest absolute Gasteiger partial charge is 0.494 e. The molecule has 1 aliphatic carbocycles. The Morgan fingerprint density at radius 1 is 1.29 bits per heavy atom. The van der Waals surface area contributed by atoms with Crippen LogP contribution in [0.5, 0.6) is 11.5 Å². The van der Waals surface area contributed by atoms with Crippen LogP contribution in [-0.2, 0) is 4.79 Å². The Labute approximate surface area is 125 Å². The van der Waals surface area contributed by atoms with Crippen LogP contribution in [0.1, 0.15) is 33.1 Å². The molecule has 1 aliphatic rings. The van der Waals surface area contributed by atoms with E-state index in [1.54, 1.807) is 6.07 Å². The highest BCUT2D eigenvalue weighted by molar-refractivity contribution is 5.94. The lowest BCUT2D eigenvalue weighted by Gasteiger charge is -2.15. The van der Waals surface area contributed by atoms with Gasteiger partial charge in [-0.2, -0.15) is 0 Å². The normalized spacial score (nSPS) is 21.1. The number of amides is 1. The van der Waals surface area contributed by atoms with Crippen LogP contribution in [0, 0.1) is 5.92 Å². The summed E-state index contributed by atoms with van der Waals surface area (Å²) >= 11 is 0. The Kier molecular flexibility index (Phi) is 5.44. The number of ether oxygens (including phenoxy) is 2. The molecule has 0 bridgehead atoms. The summed E-state index contributed by atoms with van der Waals surface area (Å²) in [7, 11) is 0. The number of anilines is 1. The Hall–Kier alpha value is -1.75. The summed E-state index contributed by atoms with van der Waals surface area (Å²) in [5, 5.41) is 2.96. The number of hydrogen-bond donors (Lipinski definition) is 2. The van der Waals surface area contributed by atoms with Gasteiger partial charge in [-0.25, -0.2) is 0 Å². The zero-order valence-corrected chi connectivity index (χ0v) is 12.7. The summed E-state index contributed by atoms with van der Waals surface area (Å²) < 4.78 is 11.0. The number of nitrogens with one attached hydrogen (secondary N) is 1. The molecule has 0 heterocycles. The third-order valence-corrected chi connectivity index (χ3v) is 3.66. The van der Waals surface area contributed by atoms with Gasteiger partial charge in [-0.15, -0.1) is 0 Å². The van der Waals surface area contributed by atoms with Crippen molar-refractivity contribution in [2.75, 3.05) is 18.5 Å². The van der Waals surface area contributed by atoms with E-state index in [2.05, 4.69) is 5.32 Å². The van der Waals surface area contributed by atoms with Crippen LogP contribution < -0.4 is 20.5 Å². The Balaban J connectivity index is 2.11. The van der Waals surface area contributed by atoms with Gasteiger partial charge in [0.05, 0.1) is 18.9 Å². The lowest BCUT2D eigenvalue weighted by molar-refractivity contribution is -0.119. The fourth-order valence-electron chi connectivity index (χ4n) is 2.63. The van der Waals surface area contributed by atoms with Gasteiger partial charge in [-0.1, -0.05) is 0 Å². The first-order valence-corrected chi connectivity index (χ1v) is 7.60. The van der Waals surface area contributed by atoms with Crippen molar-refractivity contribution in [1.29, 1.82) is 0 Å². The molecule has 2 unspecified atom stereocenters. The first-order chi connectivity index (χ1) is 10.1. The highest BCUT2D eigenvalue weighted by Crippen LogP contribution is 2.31. The smallest absolute Gasteiger partial charge is 0.227 e. The van der Waals surface area contributed by atoms with E-state index in [0.29, 0.717) is 24.7 Å². The van der Waals surface area contributed by atoms with Crippen LogP contribution in [0.4, 0.5) is 5.69 Å². The first kappa shape index (κ1) is 15.6. The molecule has 0 spiro atoms. The molecular weight excluding hydrogens is 268 g/mol. The molecule has 1 aromatic rings. The van der Waals surface area contributed by atoms with Gasteiger partial charge < -0.3 is 20.5 Å². The van der Waals surface area contributed by atoms with Gasteiger partial charge >= 0.3 is 0 Å². The topological polar surface area (TPSA) is 73.6 Å². The fourth-order valence-corrected chi connectivity index (χ4v) is 2.63. The molecule has 2 atom stereocenters. The zero-order valence-electron chi connectivity index (χ0n) is 12.7. The van der Waals surface area contributed by atoms with Crippen molar-refractivity contribution in [3.05, 3.63) is 18.2 Å². The molecule has 21 heavy (non-hydrogen) atoms. The maximum atomic E-state index is 12.3. The first-order valence-electron chi connectivity index (χ1n) is 7.60. The molecule has 116 valence electrons. The van der Waals surface area contributed by atoms with Crippen LogP contribution in [0.25, 0.3) is 0 Å². The predicted molar refractivity (Wildman–Crippen MR) is 82.7 cm³/mol. The lowest BCUT2D eigenvalue weighted by atomic mass is 10.1. The van der Waals surface area contributed by atoms with Gasteiger partial charge in [0.25, 0.3) is 0 Å². The number of carbonyl (C=O) groups excluding carboxylic acids is 1. The summed E-state index contributed by atoms with van der Waals surface area (Å²) in [5.74, 6) is 1.39. The van der Waals surface area contributed by atoms with Crippen molar-refractivity contribution in [3.63, 3.8) is 0 Å². The Morgan fingerprint density at radius 2 is 2.05 bits per heavy atom. The second-order valence-electron chi connectivity index (χ2n) is 5.28. The molecule has 1 aromatic carbocycles. The molecule has 0 aromatic heterocycles. The summed E-state index contributed by atoms with van der Waals surface area (Å²) in [6.07, 6.45) is 2.51. The van der Waals surface area contributed by atoms with Crippen LogP contribution in [0.3, 0.4) is 0 Å². The summed E-state index contributed by atoms with van der Waals surface area (Å²) in [6, 6.07) is 5.61. The van der Waals surface area contributed by atoms with Gasteiger partial charge in [0.2, 0.25) is 5.91 Å². The average Bonchev–Trinajstić information content (AvgIpc) is 2.89.